The molecule has 0 spiro atoms. The van der Waals surface area contributed by atoms with E-state index in [0.717, 1.165) is 0 Å². The molecule has 0 unspecified atom stereocenters. The molecule has 0 radical (unpaired) electrons. The maximum Gasteiger partial charge on any atom is 0.204 e. The van der Waals surface area contributed by atoms with E-state index in [-0.39, 0.29) is 39.5 Å². The first-order valence-electron chi connectivity index (χ1n) is 8.91. The summed E-state index contributed by atoms with van der Waals surface area (Å²) >= 11 is 0. The van der Waals surface area contributed by atoms with E-state index >= 15 is 0 Å². The Labute approximate surface area is 166 Å². The third-order valence-electron chi connectivity index (χ3n) is 4.86. The van der Waals surface area contributed by atoms with Crippen LogP contribution in [0.5, 0.6) is 28.7 Å². The molecule has 7 nitrogen and oxygen atoms in total. The highest BCUT2D eigenvalue weighted by molar-refractivity contribution is 5.93. The minimum Gasteiger partial charge on any atom is -0.506 e. The fraction of sp³-hybridized carbons (Fsp3) is 0.227. The maximum atomic E-state index is 13.3. The van der Waals surface area contributed by atoms with Crippen molar-refractivity contribution >= 4 is 17.0 Å². The van der Waals surface area contributed by atoms with E-state index in [2.05, 4.69) is 0 Å². The summed E-state index contributed by atoms with van der Waals surface area (Å²) in [6.07, 6.45) is 4.82. The topological polar surface area (TPSA) is 98.4 Å². The zero-order chi connectivity index (χ0) is 20.9. The number of hydrogen-bond donors (Lipinski definition) is 2. The molecule has 29 heavy (non-hydrogen) atoms. The second-order valence-corrected chi connectivity index (χ2v) is 7.25. The molecule has 4 rings (SSSR count). The predicted octanol–water partition coefficient (Wildman–Crippen LogP) is 4.07. The van der Waals surface area contributed by atoms with Gasteiger partial charge in [0.2, 0.25) is 5.43 Å². The first-order chi connectivity index (χ1) is 13.8. The van der Waals surface area contributed by atoms with Crippen molar-refractivity contribution in [2.45, 2.75) is 19.4 Å². The Morgan fingerprint density at radius 3 is 2.41 bits per heavy atom. The Balaban J connectivity index is 2.00. The van der Waals surface area contributed by atoms with Crippen molar-refractivity contribution in [1.29, 1.82) is 0 Å². The molecule has 0 aliphatic carbocycles. The van der Waals surface area contributed by atoms with Gasteiger partial charge in [0, 0.05) is 17.7 Å². The molecule has 2 aromatic carbocycles. The van der Waals surface area contributed by atoms with Gasteiger partial charge in [-0.3, -0.25) is 4.79 Å². The van der Waals surface area contributed by atoms with Gasteiger partial charge < -0.3 is 28.8 Å². The number of aromatic hydroxyl groups is 2. The van der Waals surface area contributed by atoms with E-state index in [1.165, 1.54) is 32.6 Å². The highest BCUT2D eigenvalue weighted by Gasteiger charge is 2.27. The lowest BCUT2D eigenvalue weighted by atomic mass is 9.98. The molecule has 0 saturated heterocycles. The summed E-state index contributed by atoms with van der Waals surface area (Å²) in [5.41, 5.74) is 0.147. The van der Waals surface area contributed by atoms with Crippen molar-refractivity contribution in [3.05, 3.63) is 46.3 Å². The molecule has 0 amide bonds. The van der Waals surface area contributed by atoms with Crippen molar-refractivity contribution in [3.8, 4) is 39.9 Å². The average Bonchev–Trinajstić information content (AvgIpc) is 2.67. The lowest BCUT2D eigenvalue weighted by Gasteiger charge is -2.28. The van der Waals surface area contributed by atoms with E-state index in [9.17, 15) is 15.0 Å². The number of rotatable bonds is 3. The zero-order valence-electron chi connectivity index (χ0n) is 16.4. The van der Waals surface area contributed by atoms with Crippen LogP contribution < -0.4 is 19.6 Å². The Hall–Kier alpha value is -3.61. The van der Waals surface area contributed by atoms with Crippen LogP contribution in [0.3, 0.4) is 0 Å². The Bertz CT molecular complexity index is 1220. The Kier molecular flexibility index (Phi) is 4.19. The molecule has 1 aliphatic heterocycles. The van der Waals surface area contributed by atoms with Crippen LogP contribution in [0, 0.1) is 0 Å². The second kappa shape index (κ2) is 6.48. The summed E-state index contributed by atoms with van der Waals surface area (Å²) in [6.45, 7) is 3.77. The van der Waals surface area contributed by atoms with Gasteiger partial charge in [-0.1, -0.05) is 0 Å². The van der Waals surface area contributed by atoms with Crippen LogP contribution in [-0.2, 0) is 0 Å². The highest BCUT2D eigenvalue weighted by atomic mass is 16.5. The minimum absolute atomic E-state index is 0.0308. The van der Waals surface area contributed by atoms with E-state index in [1.807, 2.05) is 13.8 Å². The summed E-state index contributed by atoms with van der Waals surface area (Å²) in [5, 5.41) is 20.8. The summed E-state index contributed by atoms with van der Waals surface area (Å²) in [7, 11) is 2.82. The summed E-state index contributed by atoms with van der Waals surface area (Å²) < 4.78 is 22.0. The average molecular weight is 396 g/mol. The van der Waals surface area contributed by atoms with Crippen LogP contribution in [0.1, 0.15) is 19.4 Å². The van der Waals surface area contributed by atoms with Gasteiger partial charge in [-0.15, -0.1) is 0 Å². The maximum absolute atomic E-state index is 13.3. The number of hydrogen-bond acceptors (Lipinski definition) is 7. The van der Waals surface area contributed by atoms with Crippen LogP contribution in [0.4, 0.5) is 0 Å². The van der Waals surface area contributed by atoms with Gasteiger partial charge in [0.05, 0.1) is 25.3 Å². The number of fused-ring (bicyclic) bond motifs is 2. The van der Waals surface area contributed by atoms with Crippen LogP contribution in [-0.4, -0.2) is 30.0 Å². The molecule has 3 aromatic rings. The Morgan fingerprint density at radius 2 is 1.72 bits per heavy atom. The van der Waals surface area contributed by atoms with Gasteiger partial charge >= 0.3 is 0 Å². The Morgan fingerprint density at radius 1 is 1.00 bits per heavy atom. The minimum atomic E-state index is -0.538. The van der Waals surface area contributed by atoms with Crippen molar-refractivity contribution in [1.82, 2.24) is 0 Å². The smallest absolute Gasteiger partial charge is 0.204 e. The molecular weight excluding hydrogens is 376 g/mol. The molecule has 1 aromatic heterocycles. The molecule has 0 saturated carbocycles. The molecule has 7 heteroatoms. The van der Waals surface area contributed by atoms with E-state index < -0.39 is 11.0 Å². The molecule has 2 heterocycles. The summed E-state index contributed by atoms with van der Waals surface area (Å²) in [4.78, 5) is 13.3. The lowest BCUT2D eigenvalue weighted by molar-refractivity contribution is 0.158. The molecular formula is C22H20O7. The van der Waals surface area contributed by atoms with E-state index in [1.54, 1.807) is 18.2 Å². The third-order valence-corrected chi connectivity index (χ3v) is 4.86. The zero-order valence-corrected chi connectivity index (χ0v) is 16.4. The summed E-state index contributed by atoms with van der Waals surface area (Å²) in [5.74, 6) is 0.526. The second-order valence-electron chi connectivity index (χ2n) is 7.25. The molecule has 150 valence electrons. The number of phenols is 2. The van der Waals surface area contributed by atoms with Gasteiger partial charge in [0.1, 0.15) is 40.1 Å². The van der Waals surface area contributed by atoms with Gasteiger partial charge in [-0.2, -0.15) is 0 Å². The van der Waals surface area contributed by atoms with E-state index in [0.29, 0.717) is 16.9 Å². The number of benzene rings is 2. The quantitative estimate of drug-likeness (QED) is 0.688. The van der Waals surface area contributed by atoms with Gasteiger partial charge in [-0.25, -0.2) is 0 Å². The normalized spacial score (nSPS) is 14.3. The molecule has 0 atom stereocenters. The van der Waals surface area contributed by atoms with Crippen molar-refractivity contribution in [3.63, 3.8) is 0 Å². The van der Waals surface area contributed by atoms with Crippen LogP contribution >= 0.6 is 0 Å². The highest BCUT2D eigenvalue weighted by Crippen LogP contribution is 2.43. The number of methoxy groups -OCH3 is 2. The lowest BCUT2D eigenvalue weighted by Crippen LogP contribution is -2.27. The van der Waals surface area contributed by atoms with E-state index in [4.69, 9.17) is 18.6 Å². The van der Waals surface area contributed by atoms with Crippen LogP contribution in [0.25, 0.3) is 28.2 Å². The largest absolute Gasteiger partial charge is 0.506 e. The first-order valence-corrected chi connectivity index (χ1v) is 8.91. The first kappa shape index (κ1) is 18.7. The van der Waals surface area contributed by atoms with Crippen molar-refractivity contribution < 1.29 is 28.8 Å². The third kappa shape index (κ3) is 2.95. The van der Waals surface area contributed by atoms with Gasteiger partial charge in [-0.05, 0) is 32.1 Å². The van der Waals surface area contributed by atoms with Crippen LogP contribution in [0.2, 0.25) is 0 Å². The van der Waals surface area contributed by atoms with Crippen LogP contribution in [0.15, 0.2) is 39.7 Å². The standard InChI is InChI=1S/C22H20O7/c1-22(2)6-5-11-16(29-22)9-18-19(20(11)24)21(25)13(10-28-18)12-7-17(27-4)14(23)8-15(12)26-3/h5-10,23-24H,1-4H3. The van der Waals surface area contributed by atoms with Gasteiger partial charge in [0.15, 0.2) is 11.5 Å². The fourth-order valence-electron chi connectivity index (χ4n) is 3.38. The van der Waals surface area contributed by atoms with Crippen molar-refractivity contribution in [2.24, 2.45) is 0 Å². The predicted molar refractivity (Wildman–Crippen MR) is 108 cm³/mol. The molecule has 1 aliphatic rings. The molecule has 0 fully saturated rings. The van der Waals surface area contributed by atoms with Gasteiger partial charge in [0.25, 0.3) is 0 Å². The molecule has 0 bridgehead atoms. The molecule has 2 N–H and O–H groups in total. The SMILES string of the molecule is COc1cc(-c2coc3cc4c(c(O)c3c2=O)C=CC(C)(C)O4)c(OC)cc1O. The summed E-state index contributed by atoms with van der Waals surface area (Å²) in [6, 6.07) is 4.42. The number of phenolic OH excluding ortho intramolecular Hbond substituents is 2. The van der Waals surface area contributed by atoms with Crippen molar-refractivity contribution in [2.75, 3.05) is 14.2 Å². The monoisotopic (exact) mass is 396 g/mol. The fourth-order valence-corrected chi connectivity index (χ4v) is 3.38. The number of ether oxygens (including phenoxy) is 3.